The predicted octanol–water partition coefficient (Wildman–Crippen LogP) is 3.95. The maximum absolute atomic E-state index is 12.6. The number of nitrogens with zero attached hydrogens (tertiary/aromatic N) is 4. The molecule has 0 fully saturated rings. The van der Waals surface area contributed by atoms with Crippen LogP contribution in [0.4, 0.5) is 13.2 Å². The number of carbonyl (C=O) groups is 1. The number of carboxylic acids is 1. The average Bonchev–Trinajstić information content (AvgIpc) is 3.06. The molecule has 1 heterocycles. The third kappa shape index (κ3) is 5.82. The zero-order valence-electron chi connectivity index (χ0n) is 16.2. The zero-order valence-corrected chi connectivity index (χ0v) is 18.0. The van der Waals surface area contributed by atoms with E-state index in [9.17, 15) is 31.5 Å². The second-order valence-corrected chi connectivity index (χ2v) is 14.8. The maximum atomic E-state index is 12.6. The lowest BCUT2D eigenvalue weighted by Gasteiger charge is -2.22. The summed E-state index contributed by atoms with van der Waals surface area (Å²) < 4.78 is 70.2. The molecule has 0 unspecified atom stereocenters. The fraction of sp³-hybridized carbons (Fsp3) is 0.533. The number of alkyl halides is 3. The molecule has 0 amide bonds. The minimum absolute atomic E-state index is 0.104. The van der Waals surface area contributed by atoms with Crippen LogP contribution < -0.4 is 4.18 Å². The third-order valence-electron chi connectivity index (χ3n) is 3.87. The van der Waals surface area contributed by atoms with Crippen molar-refractivity contribution in [3.63, 3.8) is 0 Å². The number of ether oxygens (including phenoxy) is 1. The largest absolute Gasteiger partial charge is 0.534 e. The van der Waals surface area contributed by atoms with Gasteiger partial charge in [-0.15, -0.1) is 10.2 Å². The van der Waals surface area contributed by atoms with Gasteiger partial charge in [0.2, 0.25) is 5.66 Å². The SMILES string of the molecule is C[Si](C)(C)CCOCC1(c2cc(OS(=O)(=O)C(F)(F)F)cc(C(=O)O)c2)N=NN=N1. The van der Waals surface area contributed by atoms with Gasteiger partial charge < -0.3 is 14.0 Å². The minimum Gasteiger partial charge on any atom is -0.478 e. The van der Waals surface area contributed by atoms with Gasteiger partial charge in [0.05, 0.1) is 5.56 Å². The first kappa shape index (κ1) is 23.9. The summed E-state index contributed by atoms with van der Waals surface area (Å²) in [6.45, 7) is 6.48. The van der Waals surface area contributed by atoms with E-state index in [-0.39, 0.29) is 12.2 Å². The third-order valence-corrected chi connectivity index (χ3v) is 6.55. The Morgan fingerprint density at radius 2 is 1.77 bits per heavy atom. The number of benzene rings is 1. The first-order valence-corrected chi connectivity index (χ1v) is 13.6. The Morgan fingerprint density at radius 1 is 1.17 bits per heavy atom. The van der Waals surface area contributed by atoms with Crippen LogP contribution in [-0.2, 0) is 20.5 Å². The fourth-order valence-corrected chi connectivity index (χ4v) is 3.43. The molecule has 166 valence electrons. The molecule has 1 aromatic carbocycles. The minimum atomic E-state index is -6.02. The lowest BCUT2D eigenvalue weighted by Crippen LogP contribution is -2.30. The van der Waals surface area contributed by atoms with Crippen LogP contribution in [0.5, 0.6) is 5.75 Å². The van der Waals surface area contributed by atoms with E-state index < -0.39 is 46.6 Å². The summed E-state index contributed by atoms with van der Waals surface area (Å²) in [4.78, 5) is 11.4. The second kappa shape index (κ2) is 8.39. The van der Waals surface area contributed by atoms with E-state index in [2.05, 4.69) is 44.5 Å². The van der Waals surface area contributed by atoms with Crippen LogP contribution in [-0.4, -0.2) is 46.3 Å². The highest BCUT2D eigenvalue weighted by Crippen LogP contribution is 2.37. The van der Waals surface area contributed by atoms with E-state index >= 15 is 0 Å². The molecule has 1 aromatic rings. The molecule has 0 radical (unpaired) electrons. The van der Waals surface area contributed by atoms with Gasteiger partial charge in [0, 0.05) is 20.2 Å². The predicted molar refractivity (Wildman–Crippen MR) is 99.4 cm³/mol. The molecule has 1 aliphatic rings. The number of hydrogen-bond acceptors (Lipinski definition) is 9. The standard InChI is InChI=1S/C15H19F3N4O6SSi/c1-30(2,3)5-4-27-9-14(19-21-22-20-14)11-6-10(13(23)24)7-12(8-11)28-29(25,26)15(16,17)18/h6-8H,4-5,9H2,1-3H3,(H,23,24). The van der Waals surface area contributed by atoms with Gasteiger partial charge in [-0.1, -0.05) is 19.6 Å². The lowest BCUT2D eigenvalue weighted by atomic mass is 9.99. The fourth-order valence-electron chi connectivity index (χ4n) is 2.23. The first-order chi connectivity index (χ1) is 13.7. The summed E-state index contributed by atoms with van der Waals surface area (Å²) in [6.07, 6.45) is 0. The number of rotatable bonds is 9. The van der Waals surface area contributed by atoms with E-state index in [1.165, 1.54) is 0 Å². The molecule has 0 saturated heterocycles. The van der Waals surface area contributed by atoms with E-state index in [1.54, 1.807) is 0 Å². The van der Waals surface area contributed by atoms with Crippen LogP contribution in [0.1, 0.15) is 15.9 Å². The molecular weight excluding hydrogens is 449 g/mol. The Bertz CT molecular complexity index is 964. The van der Waals surface area contributed by atoms with Gasteiger partial charge >= 0.3 is 21.6 Å². The van der Waals surface area contributed by atoms with Crippen LogP contribution in [0.15, 0.2) is 38.9 Å². The molecule has 2 rings (SSSR count). The van der Waals surface area contributed by atoms with Crippen LogP contribution in [0.3, 0.4) is 0 Å². The highest BCUT2D eigenvalue weighted by molar-refractivity contribution is 7.88. The second-order valence-electron chi connectivity index (χ2n) is 7.59. The van der Waals surface area contributed by atoms with Crippen molar-refractivity contribution in [3.8, 4) is 5.75 Å². The molecule has 0 aliphatic carbocycles. The van der Waals surface area contributed by atoms with Gasteiger partial charge in [0.15, 0.2) is 0 Å². The van der Waals surface area contributed by atoms with Crippen molar-refractivity contribution >= 4 is 24.2 Å². The maximum Gasteiger partial charge on any atom is 0.534 e. The van der Waals surface area contributed by atoms with Crippen molar-refractivity contribution in [2.45, 2.75) is 36.9 Å². The molecule has 0 saturated carbocycles. The summed E-state index contributed by atoms with van der Waals surface area (Å²) >= 11 is 0. The molecular formula is C15H19F3N4O6SSi. The topological polar surface area (TPSA) is 139 Å². The lowest BCUT2D eigenvalue weighted by molar-refractivity contribution is -0.0500. The van der Waals surface area contributed by atoms with Crippen LogP contribution in [0, 0.1) is 0 Å². The summed E-state index contributed by atoms with van der Waals surface area (Å²) in [7, 11) is -7.44. The van der Waals surface area contributed by atoms with Crippen LogP contribution >= 0.6 is 0 Å². The molecule has 0 spiro atoms. The van der Waals surface area contributed by atoms with Crippen molar-refractivity contribution < 1.29 is 40.4 Å². The molecule has 10 nitrogen and oxygen atoms in total. The average molecular weight is 468 g/mol. The number of halogens is 3. The summed E-state index contributed by atoms with van der Waals surface area (Å²) in [5.41, 5.74) is -8.02. The van der Waals surface area contributed by atoms with Gasteiger partial charge in [-0.3, -0.25) is 0 Å². The number of carboxylic acid groups (broad SMARTS) is 1. The number of aromatic carboxylic acids is 1. The molecule has 30 heavy (non-hydrogen) atoms. The van der Waals surface area contributed by atoms with E-state index in [1.807, 2.05) is 0 Å². The quantitative estimate of drug-likeness (QED) is 0.252. The Balaban J connectivity index is 2.40. The monoisotopic (exact) mass is 468 g/mol. The van der Waals surface area contributed by atoms with Crippen molar-refractivity contribution in [3.05, 3.63) is 29.3 Å². The molecule has 15 heteroatoms. The Labute approximate surface area is 170 Å². The van der Waals surface area contributed by atoms with E-state index in [0.29, 0.717) is 12.7 Å². The summed E-state index contributed by atoms with van der Waals surface area (Å²) in [6, 6.07) is 3.37. The number of hydrogen-bond donors (Lipinski definition) is 1. The Hall–Kier alpha value is -2.39. The highest BCUT2D eigenvalue weighted by atomic mass is 32.2. The van der Waals surface area contributed by atoms with Gasteiger partial charge in [-0.05, 0) is 34.7 Å². The molecule has 1 aliphatic heterocycles. The van der Waals surface area contributed by atoms with Crippen molar-refractivity contribution in [1.29, 1.82) is 0 Å². The molecule has 0 aromatic heterocycles. The van der Waals surface area contributed by atoms with Crippen molar-refractivity contribution in [2.75, 3.05) is 13.2 Å². The van der Waals surface area contributed by atoms with Crippen molar-refractivity contribution in [1.82, 2.24) is 0 Å². The summed E-state index contributed by atoms with van der Waals surface area (Å²) in [5, 5.41) is 23.7. The molecule has 0 bridgehead atoms. The van der Waals surface area contributed by atoms with Gasteiger partial charge in [0.25, 0.3) is 0 Å². The molecule has 0 atom stereocenters. The highest BCUT2D eigenvalue weighted by Gasteiger charge is 2.49. The Morgan fingerprint density at radius 3 is 2.27 bits per heavy atom. The summed E-state index contributed by atoms with van der Waals surface area (Å²) in [5.74, 6) is -2.41. The smallest absolute Gasteiger partial charge is 0.478 e. The van der Waals surface area contributed by atoms with Gasteiger partial charge in [-0.2, -0.15) is 21.6 Å². The van der Waals surface area contributed by atoms with Crippen molar-refractivity contribution in [2.24, 2.45) is 20.7 Å². The van der Waals surface area contributed by atoms with Gasteiger partial charge in [-0.25, -0.2) is 4.79 Å². The van der Waals surface area contributed by atoms with Crippen LogP contribution in [0.25, 0.3) is 0 Å². The van der Waals surface area contributed by atoms with E-state index in [4.69, 9.17) is 4.74 Å². The first-order valence-electron chi connectivity index (χ1n) is 8.47. The Kier molecular flexibility index (Phi) is 6.68. The molecule has 1 N–H and O–H groups in total. The normalized spacial score (nSPS) is 16.1. The van der Waals surface area contributed by atoms with Gasteiger partial charge in [0.1, 0.15) is 12.4 Å². The van der Waals surface area contributed by atoms with Crippen LogP contribution in [0.2, 0.25) is 25.7 Å². The zero-order chi connectivity index (χ0) is 22.8. The van der Waals surface area contributed by atoms with E-state index in [0.717, 1.165) is 18.2 Å².